The second kappa shape index (κ2) is 6.28. The first-order valence-corrected chi connectivity index (χ1v) is 7.02. The van der Waals surface area contributed by atoms with Gasteiger partial charge in [0.1, 0.15) is 5.75 Å². The Bertz CT molecular complexity index is 359. The Morgan fingerprint density at radius 3 is 3.18 bits per heavy atom. The number of phenols is 1. The third-order valence-electron chi connectivity index (χ3n) is 2.92. The standard InChI is InChI=1S/C13H19NO2S/c1-2-14-6-7-16-12(9-14)10-17-13-5-3-4-11(15)8-13/h3-5,8,12,15H,2,6-7,9-10H2,1H3. The van der Waals surface area contributed by atoms with E-state index in [-0.39, 0.29) is 0 Å². The van der Waals surface area contributed by atoms with Crippen molar-refractivity contribution in [3.05, 3.63) is 24.3 Å². The molecule has 0 amide bonds. The number of aromatic hydroxyl groups is 1. The van der Waals surface area contributed by atoms with Gasteiger partial charge in [-0.3, -0.25) is 4.90 Å². The van der Waals surface area contributed by atoms with Crippen molar-refractivity contribution in [1.82, 2.24) is 4.90 Å². The summed E-state index contributed by atoms with van der Waals surface area (Å²) in [6.07, 6.45) is 0.302. The van der Waals surface area contributed by atoms with Crippen LogP contribution in [0.4, 0.5) is 0 Å². The molecule has 0 aliphatic carbocycles. The molecule has 1 N–H and O–H groups in total. The number of ether oxygens (including phenoxy) is 1. The maximum Gasteiger partial charge on any atom is 0.116 e. The fraction of sp³-hybridized carbons (Fsp3) is 0.538. The Morgan fingerprint density at radius 1 is 1.53 bits per heavy atom. The molecule has 4 heteroatoms. The van der Waals surface area contributed by atoms with Crippen LogP contribution in [0.2, 0.25) is 0 Å². The average Bonchev–Trinajstić information content (AvgIpc) is 2.37. The summed E-state index contributed by atoms with van der Waals surface area (Å²) in [5.74, 6) is 1.27. The number of hydrogen-bond acceptors (Lipinski definition) is 4. The van der Waals surface area contributed by atoms with Gasteiger partial charge in [0.15, 0.2) is 0 Å². The van der Waals surface area contributed by atoms with Crippen molar-refractivity contribution >= 4 is 11.8 Å². The van der Waals surface area contributed by atoms with Crippen LogP contribution < -0.4 is 0 Å². The van der Waals surface area contributed by atoms with E-state index in [0.717, 1.165) is 36.9 Å². The first-order chi connectivity index (χ1) is 8.28. The molecule has 1 fully saturated rings. The molecule has 1 aromatic carbocycles. The molecule has 0 bridgehead atoms. The summed E-state index contributed by atoms with van der Waals surface area (Å²) in [4.78, 5) is 3.51. The summed E-state index contributed by atoms with van der Waals surface area (Å²) in [5.41, 5.74) is 0. The maximum absolute atomic E-state index is 9.38. The Kier molecular flexibility index (Phi) is 4.71. The van der Waals surface area contributed by atoms with Crippen molar-refractivity contribution in [2.45, 2.75) is 17.9 Å². The van der Waals surface area contributed by atoms with Crippen LogP contribution in [-0.2, 0) is 4.74 Å². The van der Waals surface area contributed by atoms with E-state index < -0.39 is 0 Å². The number of morpholine rings is 1. The second-order valence-electron chi connectivity index (χ2n) is 4.19. The minimum Gasteiger partial charge on any atom is -0.508 e. The molecule has 94 valence electrons. The van der Waals surface area contributed by atoms with E-state index in [2.05, 4.69) is 11.8 Å². The van der Waals surface area contributed by atoms with Gasteiger partial charge in [0.05, 0.1) is 12.7 Å². The van der Waals surface area contributed by atoms with Gasteiger partial charge in [0, 0.05) is 23.7 Å². The van der Waals surface area contributed by atoms with E-state index >= 15 is 0 Å². The fourth-order valence-corrected chi connectivity index (χ4v) is 2.89. The lowest BCUT2D eigenvalue weighted by Crippen LogP contribution is -2.43. The molecule has 1 unspecified atom stereocenters. The number of nitrogens with zero attached hydrogens (tertiary/aromatic N) is 1. The third-order valence-corrected chi connectivity index (χ3v) is 4.05. The topological polar surface area (TPSA) is 32.7 Å². The molecule has 3 nitrogen and oxygen atoms in total. The number of hydrogen-bond donors (Lipinski definition) is 1. The Labute approximate surface area is 107 Å². The molecular formula is C13H19NO2S. The number of likely N-dealkylation sites (N-methyl/N-ethyl adjacent to an activating group) is 1. The lowest BCUT2D eigenvalue weighted by Gasteiger charge is -2.31. The Balaban J connectivity index is 1.81. The normalized spacial score (nSPS) is 21.6. The zero-order valence-electron chi connectivity index (χ0n) is 10.1. The second-order valence-corrected chi connectivity index (χ2v) is 5.29. The van der Waals surface area contributed by atoms with Gasteiger partial charge in [-0.05, 0) is 24.7 Å². The minimum absolute atomic E-state index is 0.302. The SMILES string of the molecule is CCN1CCOC(CSc2cccc(O)c2)C1. The maximum atomic E-state index is 9.38. The fourth-order valence-electron chi connectivity index (χ4n) is 1.93. The van der Waals surface area contributed by atoms with Crippen molar-refractivity contribution in [3.8, 4) is 5.75 Å². The third kappa shape index (κ3) is 3.91. The van der Waals surface area contributed by atoms with Gasteiger partial charge >= 0.3 is 0 Å². The van der Waals surface area contributed by atoms with Crippen LogP contribution in [0.1, 0.15) is 6.92 Å². The highest BCUT2D eigenvalue weighted by atomic mass is 32.2. The van der Waals surface area contributed by atoms with Crippen molar-refractivity contribution in [1.29, 1.82) is 0 Å². The summed E-state index contributed by atoms with van der Waals surface area (Å²) < 4.78 is 5.74. The molecule has 1 aromatic rings. The first-order valence-electron chi connectivity index (χ1n) is 6.03. The van der Waals surface area contributed by atoms with E-state index in [4.69, 9.17) is 4.74 Å². The number of phenolic OH excluding ortho intramolecular Hbond substituents is 1. The predicted octanol–water partition coefficient (Wildman–Crippen LogP) is 2.21. The van der Waals surface area contributed by atoms with Crippen LogP contribution in [0.15, 0.2) is 29.2 Å². The largest absolute Gasteiger partial charge is 0.508 e. The summed E-state index contributed by atoms with van der Waals surface area (Å²) >= 11 is 1.74. The molecule has 1 heterocycles. The lowest BCUT2D eigenvalue weighted by molar-refractivity contribution is -0.0137. The van der Waals surface area contributed by atoms with E-state index in [1.807, 2.05) is 12.1 Å². The van der Waals surface area contributed by atoms with Gasteiger partial charge in [-0.2, -0.15) is 0 Å². The highest BCUT2D eigenvalue weighted by molar-refractivity contribution is 7.99. The summed E-state index contributed by atoms with van der Waals surface area (Å²) in [7, 11) is 0. The van der Waals surface area contributed by atoms with Gasteiger partial charge in [0.2, 0.25) is 0 Å². The summed E-state index contributed by atoms with van der Waals surface area (Å²) in [6, 6.07) is 7.38. The van der Waals surface area contributed by atoms with Crippen LogP contribution in [0.3, 0.4) is 0 Å². The van der Waals surface area contributed by atoms with Gasteiger partial charge < -0.3 is 9.84 Å². The smallest absolute Gasteiger partial charge is 0.116 e. The first kappa shape index (κ1) is 12.7. The molecule has 1 saturated heterocycles. The lowest BCUT2D eigenvalue weighted by atomic mass is 10.3. The molecule has 1 aliphatic heterocycles. The van der Waals surface area contributed by atoms with E-state index in [0.29, 0.717) is 11.9 Å². The molecule has 0 saturated carbocycles. The van der Waals surface area contributed by atoms with Gasteiger partial charge in [-0.1, -0.05) is 13.0 Å². The van der Waals surface area contributed by atoms with E-state index in [1.165, 1.54) is 0 Å². The van der Waals surface area contributed by atoms with Crippen LogP contribution >= 0.6 is 11.8 Å². The molecule has 0 aromatic heterocycles. The number of benzene rings is 1. The molecule has 0 spiro atoms. The van der Waals surface area contributed by atoms with Crippen LogP contribution in [0.25, 0.3) is 0 Å². The summed E-state index contributed by atoms with van der Waals surface area (Å²) in [6.45, 7) is 6.17. The highest BCUT2D eigenvalue weighted by Gasteiger charge is 2.19. The molecular weight excluding hydrogens is 234 g/mol. The molecule has 2 rings (SSSR count). The van der Waals surface area contributed by atoms with Gasteiger partial charge in [0.25, 0.3) is 0 Å². The van der Waals surface area contributed by atoms with E-state index in [1.54, 1.807) is 23.9 Å². The van der Waals surface area contributed by atoms with Crippen LogP contribution in [0, 0.1) is 0 Å². The average molecular weight is 253 g/mol. The number of rotatable bonds is 4. The van der Waals surface area contributed by atoms with Crippen molar-refractivity contribution in [3.63, 3.8) is 0 Å². The van der Waals surface area contributed by atoms with Crippen molar-refractivity contribution < 1.29 is 9.84 Å². The van der Waals surface area contributed by atoms with Gasteiger partial charge in [-0.25, -0.2) is 0 Å². The van der Waals surface area contributed by atoms with Crippen LogP contribution in [0.5, 0.6) is 5.75 Å². The zero-order valence-corrected chi connectivity index (χ0v) is 10.9. The highest BCUT2D eigenvalue weighted by Crippen LogP contribution is 2.24. The predicted molar refractivity (Wildman–Crippen MR) is 70.7 cm³/mol. The Morgan fingerprint density at radius 2 is 2.41 bits per heavy atom. The molecule has 0 radical (unpaired) electrons. The molecule has 17 heavy (non-hydrogen) atoms. The molecule has 1 aliphatic rings. The Hall–Kier alpha value is -0.710. The zero-order chi connectivity index (χ0) is 12.1. The monoisotopic (exact) mass is 253 g/mol. The van der Waals surface area contributed by atoms with Crippen LogP contribution in [-0.4, -0.2) is 48.1 Å². The van der Waals surface area contributed by atoms with Crippen molar-refractivity contribution in [2.24, 2.45) is 0 Å². The van der Waals surface area contributed by atoms with Crippen molar-refractivity contribution in [2.75, 3.05) is 32.0 Å². The van der Waals surface area contributed by atoms with E-state index in [9.17, 15) is 5.11 Å². The summed E-state index contributed by atoms with van der Waals surface area (Å²) in [5, 5.41) is 9.38. The van der Waals surface area contributed by atoms with Gasteiger partial charge in [-0.15, -0.1) is 11.8 Å². The quantitative estimate of drug-likeness (QED) is 0.834. The minimum atomic E-state index is 0.302. The number of thioether (sulfide) groups is 1. The molecule has 1 atom stereocenters.